The summed E-state index contributed by atoms with van der Waals surface area (Å²) in [6.45, 7) is 2.10. The molecule has 31 heavy (non-hydrogen) atoms. The molecule has 0 saturated heterocycles. The van der Waals surface area contributed by atoms with Crippen molar-refractivity contribution in [2.75, 3.05) is 16.9 Å². The molecule has 0 spiro atoms. The van der Waals surface area contributed by atoms with Crippen molar-refractivity contribution in [2.45, 2.75) is 36.6 Å². The quantitative estimate of drug-likeness (QED) is 0.458. The molecule has 5 rings (SSSR count). The van der Waals surface area contributed by atoms with Gasteiger partial charge in [-0.3, -0.25) is 4.79 Å². The van der Waals surface area contributed by atoms with Crippen molar-refractivity contribution in [1.29, 1.82) is 0 Å². The van der Waals surface area contributed by atoms with E-state index in [1.54, 1.807) is 11.8 Å². The van der Waals surface area contributed by atoms with Crippen molar-refractivity contribution in [1.82, 2.24) is 0 Å². The summed E-state index contributed by atoms with van der Waals surface area (Å²) >= 11 is 1.73. The van der Waals surface area contributed by atoms with Crippen molar-refractivity contribution in [2.24, 2.45) is 0 Å². The van der Waals surface area contributed by atoms with E-state index in [4.69, 9.17) is 0 Å². The Hall–Kier alpha value is -2.98. The number of hydrogen-bond acceptors (Lipinski definition) is 4. The molecule has 3 aromatic carbocycles. The third kappa shape index (κ3) is 3.88. The van der Waals surface area contributed by atoms with Gasteiger partial charge in [0.05, 0.1) is 17.4 Å². The van der Waals surface area contributed by atoms with Crippen LogP contribution in [0.5, 0.6) is 0 Å². The van der Waals surface area contributed by atoms with E-state index in [2.05, 4.69) is 84.5 Å². The molecular formula is C27H26N2OS. The molecule has 3 nitrogen and oxygen atoms in total. The molecular weight excluding hydrogens is 400 g/mol. The second-order valence-electron chi connectivity index (χ2n) is 8.35. The number of allylic oxidation sites excluding steroid dienone is 1. The Labute approximate surface area is 188 Å². The molecule has 1 aliphatic heterocycles. The minimum atomic E-state index is -0.159. The summed E-state index contributed by atoms with van der Waals surface area (Å²) in [5.74, 6) is 0.419. The first-order valence-corrected chi connectivity index (χ1v) is 11.9. The average Bonchev–Trinajstić information content (AvgIpc) is 2.96. The third-order valence-electron chi connectivity index (χ3n) is 6.31. The van der Waals surface area contributed by atoms with E-state index < -0.39 is 0 Å². The van der Waals surface area contributed by atoms with E-state index in [1.807, 2.05) is 12.1 Å². The lowest BCUT2D eigenvalue weighted by atomic mass is 9.78. The van der Waals surface area contributed by atoms with Crippen LogP contribution in [0, 0.1) is 6.92 Å². The van der Waals surface area contributed by atoms with Crippen molar-refractivity contribution in [3.05, 3.63) is 101 Å². The Morgan fingerprint density at radius 3 is 2.23 bits per heavy atom. The minimum absolute atomic E-state index is 0.159. The molecule has 2 N–H and O–H groups in total. The highest BCUT2D eigenvalue weighted by Crippen LogP contribution is 2.44. The Bertz CT molecular complexity index is 1150. The predicted octanol–water partition coefficient (Wildman–Crippen LogP) is 6.70. The Kier molecular flexibility index (Phi) is 5.33. The lowest BCUT2D eigenvalue weighted by molar-refractivity contribution is -0.116. The Balaban J connectivity index is 1.58. The number of nitrogens with one attached hydrogen (secondary N) is 2. The van der Waals surface area contributed by atoms with E-state index in [1.165, 1.54) is 16.0 Å². The summed E-state index contributed by atoms with van der Waals surface area (Å²) in [6, 6.07) is 25.2. The highest BCUT2D eigenvalue weighted by molar-refractivity contribution is 7.98. The minimum Gasteiger partial charge on any atom is -0.372 e. The normalized spacial score (nSPS) is 20.3. The van der Waals surface area contributed by atoms with Gasteiger partial charge in [0, 0.05) is 22.6 Å². The van der Waals surface area contributed by atoms with Crippen LogP contribution in [0.3, 0.4) is 0 Å². The molecule has 3 aromatic rings. The highest BCUT2D eigenvalue weighted by atomic mass is 32.2. The number of carbonyl (C=O) groups is 1. The van der Waals surface area contributed by atoms with Crippen molar-refractivity contribution >= 4 is 28.9 Å². The topological polar surface area (TPSA) is 41.1 Å². The number of hydrogen-bond donors (Lipinski definition) is 2. The fourth-order valence-electron chi connectivity index (χ4n) is 4.61. The number of thioether (sulfide) groups is 1. The van der Waals surface area contributed by atoms with Crippen molar-refractivity contribution in [3.63, 3.8) is 0 Å². The lowest BCUT2D eigenvalue weighted by Gasteiger charge is -2.30. The van der Waals surface area contributed by atoms with Crippen LogP contribution in [0.15, 0.2) is 89.0 Å². The second-order valence-corrected chi connectivity index (χ2v) is 9.23. The van der Waals surface area contributed by atoms with Gasteiger partial charge in [-0.25, -0.2) is 0 Å². The number of Topliss-reactive ketones (excluding diaryl/α,β-unsaturated/α-hetero) is 1. The van der Waals surface area contributed by atoms with E-state index in [0.717, 1.165) is 34.6 Å². The first-order chi connectivity index (χ1) is 15.1. The van der Waals surface area contributed by atoms with Gasteiger partial charge >= 0.3 is 0 Å². The number of ketones is 1. The molecule has 1 heterocycles. The summed E-state index contributed by atoms with van der Waals surface area (Å²) in [7, 11) is 0. The summed E-state index contributed by atoms with van der Waals surface area (Å²) in [6.07, 6.45) is 3.45. The van der Waals surface area contributed by atoms with Crippen LogP contribution >= 0.6 is 11.8 Å². The predicted molar refractivity (Wildman–Crippen MR) is 130 cm³/mol. The van der Waals surface area contributed by atoms with Crippen LogP contribution in [0.1, 0.15) is 41.5 Å². The molecule has 0 saturated carbocycles. The molecule has 0 unspecified atom stereocenters. The molecule has 0 aromatic heterocycles. The maximum absolute atomic E-state index is 13.5. The molecule has 0 radical (unpaired) electrons. The molecule has 156 valence electrons. The summed E-state index contributed by atoms with van der Waals surface area (Å²) in [5.41, 5.74) is 7.55. The Morgan fingerprint density at radius 1 is 0.839 bits per heavy atom. The van der Waals surface area contributed by atoms with Crippen LogP contribution < -0.4 is 10.6 Å². The molecule has 2 atom stereocenters. The maximum atomic E-state index is 13.5. The number of aryl methyl sites for hydroxylation is 1. The number of benzene rings is 3. The largest absolute Gasteiger partial charge is 0.372 e. The maximum Gasteiger partial charge on any atom is 0.163 e. The van der Waals surface area contributed by atoms with Gasteiger partial charge in [-0.1, -0.05) is 54.1 Å². The zero-order valence-corrected chi connectivity index (χ0v) is 18.6. The number of rotatable bonds is 3. The number of fused-ring (bicyclic) bond motifs is 1. The molecule has 0 amide bonds. The SMILES string of the molecule is CSc1ccc([C@H]2Nc3ccccc3NC3=C2C(=O)C[C@@H](c2ccc(C)cc2)C3)cc1. The first kappa shape index (κ1) is 20.0. The van der Waals surface area contributed by atoms with E-state index in [0.29, 0.717) is 6.42 Å². The number of carbonyl (C=O) groups excluding carboxylic acids is 1. The Morgan fingerprint density at radius 2 is 1.52 bits per heavy atom. The third-order valence-corrected chi connectivity index (χ3v) is 7.05. The summed E-state index contributed by atoms with van der Waals surface area (Å²) in [4.78, 5) is 14.8. The van der Waals surface area contributed by atoms with Crippen molar-refractivity contribution in [3.8, 4) is 0 Å². The van der Waals surface area contributed by atoms with E-state index in [-0.39, 0.29) is 17.7 Å². The van der Waals surface area contributed by atoms with E-state index >= 15 is 0 Å². The summed E-state index contributed by atoms with van der Waals surface area (Å²) < 4.78 is 0. The zero-order chi connectivity index (χ0) is 21.4. The van der Waals surface area contributed by atoms with Gasteiger partial charge in [-0.05, 0) is 60.9 Å². The number of anilines is 2. The van der Waals surface area contributed by atoms with Gasteiger partial charge in [0.1, 0.15) is 0 Å². The summed E-state index contributed by atoms with van der Waals surface area (Å²) in [5, 5.41) is 7.27. The molecule has 2 aliphatic rings. The molecule has 1 aliphatic carbocycles. The smallest absolute Gasteiger partial charge is 0.163 e. The molecule has 4 heteroatoms. The molecule has 0 bridgehead atoms. The van der Waals surface area contributed by atoms with Gasteiger partial charge in [0.15, 0.2) is 5.78 Å². The fraction of sp³-hybridized carbons (Fsp3) is 0.222. The first-order valence-electron chi connectivity index (χ1n) is 10.7. The lowest BCUT2D eigenvalue weighted by Crippen LogP contribution is -2.26. The fourth-order valence-corrected chi connectivity index (χ4v) is 5.02. The van der Waals surface area contributed by atoms with Crippen LogP contribution in [0.4, 0.5) is 11.4 Å². The molecule has 0 fully saturated rings. The standard InChI is InChI=1S/C27H26N2OS/c1-17-7-9-18(10-8-17)20-15-24-26(25(30)16-20)27(19-11-13-21(31-2)14-12-19)29-23-6-4-3-5-22(23)28-24/h3-14,20,27-29H,15-16H2,1-2H3/t20-,27+/m0/s1. The van der Waals surface area contributed by atoms with Crippen molar-refractivity contribution < 1.29 is 4.79 Å². The van der Waals surface area contributed by atoms with Crippen LogP contribution in [0.25, 0.3) is 0 Å². The average molecular weight is 427 g/mol. The van der Waals surface area contributed by atoms with Gasteiger partial charge in [-0.15, -0.1) is 11.8 Å². The van der Waals surface area contributed by atoms with Crippen LogP contribution in [-0.4, -0.2) is 12.0 Å². The van der Waals surface area contributed by atoms with Gasteiger partial charge in [-0.2, -0.15) is 0 Å². The van der Waals surface area contributed by atoms with Crippen LogP contribution in [0.2, 0.25) is 0 Å². The highest BCUT2D eigenvalue weighted by Gasteiger charge is 2.35. The van der Waals surface area contributed by atoms with E-state index in [9.17, 15) is 4.79 Å². The van der Waals surface area contributed by atoms with Crippen LogP contribution in [-0.2, 0) is 4.79 Å². The van der Waals surface area contributed by atoms with Gasteiger partial charge in [0.2, 0.25) is 0 Å². The monoisotopic (exact) mass is 426 g/mol. The van der Waals surface area contributed by atoms with Gasteiger partial charge in [0.25, 0.3) is 0 Å². The van der Waals surface area contributed by atoms with Gasteiger partial charge < -0.3 is 10.6 Å². The number of para-hydroxylation sites is 2. The zero-order valence-electron chi connectivity index (χ0n) is 17.8. The second kappa shape index (κ2) is 8.27.